The molecule has 1 N–H and O–H groups in total. The lowest BCUT2D eigenvalue weighted by Gasteiger charge is -2.13. The summed E-state index contributed by atoms with van der Waals surface area (Å²) in [4.78, 5) is 11.0. The van der Waals surface area contributed by atoms with Crippen molar-refractivity contribution in [1.82, 2.24) is 0 Å². The summed E-state index contributed by atoms with van der Waals surface area (Å²) in [5.41, 5.74) is 0.821. The molecule has 2 aromatic carbocycles. The molecule has 0 aliphatic carbocycles. The third kappa shape index (κ3) is 3.60. The van der Waals surface area contributed by atoms with Gasteiger partial charge in [0, 0.05) is 10.6 Å². The standard InChI is InChI=1S/C15H12Cl2O4/c1-20-13-7-10(15(18)19)6-12(17)14(13)21-8-9-4-2-3-5-11(9)16/h2-7H,8H2,1H3,(H,18,19). The Morgan fingerprint density at radius 1 is 1.19 bits per heavy atom. The van der Waals surface area contributed by atoms with E-state index in [0.29, 0.717) is 5.02 Å². The molecular formula is C15H12Cl2O4. The number of carboxylic acids is 1. The smallest absolute Gasteiger partial charge is 0.335 e. The highest BCUT2D eigenvalue weighted by atomic mass is 35.5. The maximum Gasteiger partial charge on any atom is 0.335 e. The molecule has 110 valence electrons. The highest BCUT2D eigenvalue weighted by Gasteiger charge is 2.15. The van der Waals surface area contributed by atoms with Crippen LogP contribution in [-0.4, -0.2) is 18.2 Å². The first kappa shape index (κ1) is 15.5. The maximum atomic E-state index is 11.0. The van der Waals surface area contributed by atoms with Crippen LogP contribution in [0.25, 0.3) is 0 Å². The fourth-order valence-corrected chi connectivity index (χ4v) is 2.20. The summed E-state index contributed by atoms with van der Waals surface area (Å²) in [6.07, 6.45) is 0. The Labute approximate surface area is 131 Å². The summed E-state index contributed by atoms with van der Waals surface area (Å²) in [7, 11) is 1.42. The predicted molar refractivity (Wildman–Crippen MR) is 80.7 cm³/mol. The molecule has 0 bridgehead atoms. The van der Waals surface area contributed by atoms with Gasteiger partial charge in [-0.1, -0.05) is 41.4 Å². The quantitative estimate of drug-likeness (QED) is 0.890. The molecule has 0 radical (unpaired) electrons. The van der Waals surface area contributed by atoms with Crippen LogP contribution < -0.4 is 9.47 Å². The lowest BCUT2D eigenvalue weighted by molar-refractivity contribution is 0.0696. The van der Waals surface area contributed by atoms with E-state index in [9.17, 15) is 4.79 Å². The molecule has 0 aromatic heterocycles. The van der Waals surface area contributed by atoms with E-state index in [1.165, 1.54) is 19.2 Å². The van der Waals surface area contributed by atoms with Gasteiger partial charge in [0.15, 0.2) is 11.5 Å². The van der Waals surface area contributed by atoms with Crippen molar-refractivity contribution in [2.24, 2.45) is 0 Å². The van der Waals surface area contributed by atoms with E-state index in [2.05, 4.69) is 0 Å². The number of hydrogen-bond acceptors (Lipinski definition) is 3. The Hall–Kier alpha value is -1.91. The van der Waals surface area contributed by atoms with Crippen LogP contribution in [0.15, 0.2) is 36.4 Å². The van der Waals surface area contributed by atoms with Gasteiger partial charge in [-0.05, 0) is 18.2 Å². The van der Waals surface area contributed by atoms with Gasteiger partial charge in [-0.15, -0.1) is 0 Å². The van der Waals surface area contributed by atoms with E-state index in [1.54, 1.807) is 6.07 Å². The number of aromatic carboxylic acids is 1. The first-order chi connectivity index (χ1) is 10.0. The largest absolute Gasteiger partial charge is 0.493 e. The molecule has 0 saturated carbocycles. The van der Waals surface area contributed by atoms with Gasteiger partial charge in [-0.2, -0.15) is 0 Å². The lowest BCUT2D eigenvalue weighted by atomic mass is 10.2. The molecule has 0 unspecified atom stereocenters. The minimum Gasteiger partial charge on any atom is -0.493 e. The third-order valence-electron chi connectivity index (χ3n) is 2.81. The molecular weight excluding hydrogens is 315 g/mol. The number of halogens is 2. The van der Waals surface area contributed by atoms with Gasteiger partial charge < -0.3 is 14.6 Å². The van der Waals surface area contributed by atoms with Gasteiger partial charge in [0.1, 0.15) is 6.61 Å². The second kappa shape index (κ2) is 6.70. The number of ether oxygens (including phenoxy) is 2. The van der Waals surface area contributed by atoms with Crippen LogP contribution >= 0.6 is 23.2 Å². The van der Waals surface area contributed by atoms with Crippen LogP contribution in [0.4, 0.5) is 0 Å². The van der Waals surface area contributed by atoms with Crippen molar-refractivity contribution in [3.8, 4) is 11.5 Å². The molecule has 0 atom stereocenters. The molecule has 0 aliphatic heterocycles. The van der Waals surface area contributed by atoms with E-state index in [-0.39, 0.29) is 28.7 Å². The zero-order valence-corrected chi connectivity index (χ0v) is 12.6. The van der Waals surface area contributed by atoms with Crippen LogP contribution in [0.3, 0.4) is 0 Å². The molecule has 21 heavy (non-hydrogen) atoms. The van der Waals surface area contributed by atoms with Gasteiger partial charge in [-0.3, -0.25) is 0 Å². The third-order valence-corrected chi connectivity index (χ3v) is 3.46. The summed E-state index contributed by atoms with van der Waals surface area (Å²) < 4.78 is 10.8. The summed E-state index contributed by atoms with van der Waals surface area (Å²) >= 11 is 12.1. The normalized spacial score (nSPS) is 10.2. The number of benzene rings is 2. The van der Waals surface area contributed by atoms with Crippen molar-refractivity contribution in [3.63, 3.8) is 0 Å². The Bertz CT molecular complexity index is 671. The Morgan fingerprint density at radius 2 is 1.90 bits per heavy atom. The van der Waals surface area contributed by atoms with Crippen molar-refractivity contribution in [3.05, 3.63) is 57.6 Å². The molecule has 2 aromatic rings. The zero-order valence-electron chi connectivity index (χ0n) is 11.1. The first-order valence-electron chi connectivity index (χ1n) is 6.00. The minimum atomic E-state index is -1.09. The molecule has 6 heteroatoms. The minimum absolute atomic E-state index is 0.0296. The fraction of sp³-hybridized carbons (Fsp3) is 0.133. The molecule has 0 amide bonds. The highest BCUT2D eigenvalue weighted by molar-refractivity contribution is 6.32. The topological polar surface area (TPSA) is 55.8 Å². The summed E-state index contributed by atoms with van der Waals surface area (Å²) in [6.45, 7) is 0.197. The van der Waals surface area contributed by atoms with Crippen LogP contribution in [0, 0.1) is 0 Å². The SMILES string of the molecule is COc1cc(C(=O)O)cc(Cl)c1OCc1ccccc1Cl. The number of hydrogen-bond donors (Lipinski definition) is 1. The van der Waals surface area contributed by atoms with E-state index in [1.807, 2.05) is 18.2 Å². The van der Waals surface area contributed by atoms with Crippen molar-refractivity contribution < 1.29 is 19.4 Å². The van der Waals surface area contributed by atoms with E-state index in [0.717, 1.165) is 5.56 Å². The van der Waals surface area contributed by atoms with E-state index in [4.69, 9.17) is 37.8 Å². The van der Waals surface area contributed by atoms with Crippen molar-refractivity contribution in [1.29, 1.82) is 0 Å². The molecule has 0 fully saturated rings. The van der Waals surface area contributed by atoms with Crippen molar-refractivity contribution >= 4 is 29.2 Å². The van der Waals surface area contributed by atoms with Crippen LogP contribution in [0.1, 0.15) is 15.9 Å². The van der Waals surface area contributed by atoms with Gasteiger partial charge in [0.2, 0.25) is 0 Å². The Kier molecular flexibility index (Phi) is 4.94. The second-order valence-corrected chi connectivity index (χ2v) is 4.99. The van der Waals surface area contributed by atoms with Crippen LogP contribution in [0.2, 0.25) is 10.0 Å². The van der Waals surface area contributed by atoms with E-state index < -0.39 is 5.97 Å². The predicted octanol–water partition coefficient (Wildman–Crippen LogP) is 4.28. The summed E-state index contributed by atoms with van der Waals surface area (Å²) in [5.74, 6) is -0.552. The fourth-order valence-electron chi connectivity index (χ4n) is 1.75. The number of methoxy groups -OCH3 is 1. The summed E-state index contributed by atoms with van der Waals surface area (Å²) in [6, 6.07) is 9.92. The zero-order chi connectivity index (χ0) is 15.4. The maximum absolute atomic E-state index is 11.0. The molecule has 0 heterocycles. The average Bonchev–Trinajstić information content (AvgIpc) is 2.46. The number of carboxylic acid groups (broad SMARTS) is 1. The number of carbonyl (C=O) groups is 1. The van der Waals surface area contributed by atoms with Crippen LogP contribution in [-0.2, 0) is 6.61 Å². The Balaban J connectivity index is 2.28. The second-order valence-electron chi connectivity index (χ2n) is 4.17. The molecule has 0 aliphatic rings. The Morgan fingerprint density at radius 3 is 2.52 bits per heavy atom. The van der Waals surface area contributed by atoms with Gasteiger partial charge >= 0.3 is 5.97 Å². The van der Waals surface area contributed by atoms with Gasteiger partial charge in [0.25, 0.3) is 0 Å². The van der Waals surface area contributed by atoms with Gasteiger partial charge in [-0.25, -0.2) is 4.79 Å². The number of rotatable bonds is 5. The highest BCUT2D eigenvalue weighted by Crippen LogP contribution is 2.37. The molecule has 2 rings (SSSR count). The van der Waals surface area contributed by atoms with Crippen LogP contribution in [0.5, 0.6) is 11.5 Å². The van der Waals surface area contributed by atoms with E-state index >= 15 is 0 Å². The van der Waals surface area contributed by atoms with Gasteiger partial charge in [0.05, 0.1) is 17.7 Å². The lowest BCUT2D eigenvalue weighted by Crippen LogP contribution is -2.02. The molecule has 4 nitrogen and oxygen atoms in total. The average molecular weight is 327 g/mol. The molecule has 0 spiro atoms. The van der Waals surface area contributed by atoms with Crippen molar-refractivity contribution in [2.45, 2.75) is 6.61 Å². The summed E-state index contributed by atoms with van der Waals surface area (Å²) in [5, 5.41) is 9.74. The first-order valence-corrected chi connectivity index (χ1v) is 6.75. The monoisotopic (exact) mass is 326 g/mol. The molecule has 0 saturated heterocycles. The van der Waals surface area contributed by atoms with Crippen molar-refractivity contribution in [2.75, 3.05) is 7.11 Å².